The first-order valence-corrected chi connectivity index (χ1v) is 24.2. The lowest BCUT2D eigenvalue weighted by atomic mass is 9.85. The Morgan fingerprint density at radius 3 is 1.53 bits per heavy atom. The molecule has 9 N–H and O–H groups in total. The Kier molecular flexibility index (Phi) is 32.6. The summed E-state index contributed by atoms with van der Waals surface area (Å²) in [4.78, 5) is 23.4. The number of carbonyl (C=O) groups excluding carboxylic acids is 1. The van der Waals surface area contributed by atoms with Crippen LogP contribution in [0.2, 0.25) is 0 Å². The number of phosphoric ester groups is 1. The zero-order valence-corrected chi connectivity index (χ0v) is 37.0. The topological polar surface area (TPSA) is 226 Å². The van der Waals surface area contributed by atoms with Crippen molar-refractivity contribution in [1.82, 2.24) is 5.32 Å². The van der Waals surface area contributed by atoms with E-state index < -0.39 is 75.2 Å². The molecule has 1 amide bonds. The Morgan fingerprint density at radius 2 is 1.00 bits per heavy atom. The Balaban J connectivity index is 2.60. The molecule has 0 radical (unpaired) electrons. The highest BCUT2D eigenvalue weighted by atomic mass is 31.2. The van der Waals surface area contributed by atoms with Crippen LogP contribution in [0.15, 0.2) is 48.6 Å². The molecule has 59 heavy (non-hydrogen) atoms. The van der Waals surface area contributed by atoms with Gasteiger partial charge in [-0.3, -0.25) is 13.8 Å². The van der Waals surface area contributed by atoms with E-state index in [0.29, 0.717) is 19.3 Å². The summed E-state index contributed by atoms with van der Waals surface area (Å²) in [5, 5.41) is 74.3. The summed E-state index contributed by atoms with van der Waals surface area (Å²) in [7, 11) is -5.15. The second-order valence-corrected chi connectivity index (χ2v) is 17.5. The molecule has 0 aromatic heterocycles. The normalized spacial score (nSPS) is 24.0. The average molecular weight is 860 g/mol. The first-order valence-electron chi connectivity index (χ1n) is 22.7. The molecule has 0 spiro atoms. The van der Waals surface area contributed by atoms with Gasteiger partial charge < -0.3 is 46.0 Å². The largest absolute Gasteiger partial charge is 0.472 e. The van der Waals surface area contributed by atoms with Gasteiger partial charge >= 0.3 is 7.82 Å². The fourth-order valence-electron chi connectivity index (χ4n) is 6.85. The molecule has 1 saturated carbocycles. The number of rotatable bonds is 36. The first-order chi connectivity index (χ1) is 28.3. The molecule has 14 heteroatoms. The van der Waals surface area contributed by atoms with E-state index in [1.807, 2.05) is 6.08 Å². The van der Waals surface area contributed by atoms with E-state index in [0.717, 1.165) is 51.4 Å². The molecule has 0 heterocycles. The maximum Gasteiger partial charge on any atom is 0.472 e. The Labute approximate surface area is 355 Å². The molecule has 13 nitrogen and oxygen atoms in total. The van der Waals surface area contributed by atoms with Gasteiger partial charge in [0, 0.05) is 0 Å². The van der Waals surface area contributed by atoms with E-state index in [1.54, 1.807) is 6.08 Å². The van der Waals surface area contributed by atoms with Crippen LogP contribution in [0.1, 0.15) is 168 Å². The van der Waals surface area contributed by atoms with Crippen molar-refractivity contribution in [3.05, 3.63) is 48.6 Å². The number of hydrogen-bond acceptors (Lipinski definition) is 11. The number of nitrogens with one attached hydrogen (secondary N) is 1. The van der Waals surface area contributed by atoms with Crippen LogP contribution < -0.4 is 5.32 Å². The van der Waals surface area contributed by atoms with E-state index in [4.69, 9.17) is 9.05 Å². The average Bonchev–Trinajstić information content (AvgIpc) is 3.21. The fourth-order valence-corrected chi connectivity index (χ4v) is 7.82. The van der Waals surface area contributed by atoms with Crippen molar-refractivity contribution in [3.63, 3.8) is 0 Å². The van der Waals surface area contributed by atoms with E-state index in [9.17, 15) is 50.0 Å². The van der Waals surface area contributed by atoms with Crippen molar-refractivity contribution in [2.45, 2.75) is 223 Å². The summed E-state index contributed by atoms with van der Waals surface area (Å²) >= 11 is 0. The molecule has 1 fully saturated rings. The molecule has 344 valence electrons. The molecule has 0 saturated heterocycles. The Bertz CT molecular complexity index is 1200. The number of unbranched alkanes of at least 4 members (excludes halogenated alkanes) is 17. The third kappa shape index (κ3) is 27.0. The lowest BCUT2D eigenvalue weighted by Gasteiger charge is -2.41. The van der Waals surface area contributed by atoms with Gasteiger partial charge in [0.05, 0.1) is 31.3 Å². The van der Waals surface area contributed by atoms with Crippen LogP contribution >= 0.6 is 7.82 Å². The van der Waals surface area contributed by atoms with Gasteiger partial charge in [0.15, 0.2) is 0 Å². The molecule has 1 rings (SSSR count). The third-order valence-corrected chi connectivity index (χ3v) is 11.6. The molecule has 0 aliphatic heterocycles. The molecular formula is C45H82NO12P. The summed E-state index contributed by atoms with van der Waals surface area (Å²) in [6.07, 6.45) is 26.4. The van der Waals surface area contributed by atoms with Crippen LogP contribution in [0.25, 0.3) is 0 Å². The summed E-state index contributed by atoms with van der Waals surface area (Å²) < 4.78 is 22.8. The summed E-state index contributed by atoms with van der Waals surface area (Å²) in [6.45, 7) is 3.67. The van der Waals surface area contributed by atoms with Crippen molar-refractivity contribution in [3.8, 4) is 0 Å². The monoisotopic (exact) mass is 860 g/mol. The molecule has 0 aromatic carbocycles. The van der Waals surface area contributed by atoms with E-state index in [2.05, 4.69) is 49.5 Å². The van der Waals surface area contributed by atoms with Crippen LogP contribution in [-0.2, 0) is 18.4 Å². The molecule has 0 aromatic rings. The van der Waals surface area contributed by atoms with Crippen LogP contribution in [0.4, 0.5) is 0 Å². The van der Waals surface area contributed by atoms with Gasteiger partial charge in [-0.05, 0) is 70.6 Å². The predicted molar refractivity (Wildman–Crippen MR) is 233 cm³/mol. The van der Waals surface area contributed by atoms with Gasteiger partial charge in [-0.1, -0.05) is 140 Å². The van der Waals surface area contributed by atoms with E-state index in [-0.39, 0.29) is 6.42 Å². The highest BCUT2D eigenvalue weighted by Gasteiger charge is 2.51. The minimum atomic E-state index is -5.15. The zero-order valence-electron chi connectivity index (χ0n) is 36.2. The first kappa shape index (κ1) is 55.3. The summed E-state index contributed by atoms with van der Waals surface area (Å²) in [6, 6.07) is -1.27. The van der Waals surface area contributed by atoms with E-state index in [1.165, 1.54) is 83.1 Å². The third-order valence-electron chi connectivity index (χ3n) is 10.6. The molecular weight excluding hydrogens is 777 g/mol. The van der Waals surface area contributed by atoms with Crippen molar-refractivity contribution >= 4 is 13.7 Å². The maximum atomic E-state index is 13.0. The highest BCUT2D eigenvalue weighted by Crippen LogP contribution is 2.47. The van der Waals surface area contributed by atoms with Crippen LogP contribution in [0, 0.1) is 0 Å². The Morgan fingerprint density at radius 1 is 0.593 bits per heavy atom. The lowest BCUT2D eigenvalue weighted by molar-refractivity contribution is -0.220. The maximum absolute atomic E-state index is 13.0. The number of carbonyl (C=O) groups is 1. The number of phosphoric acid groups is 1. The van der Waals surface area contributed by atoms with Crippen molar-refractivity contribution < 1.29 is 59.0 Å². The fraction of sp³-hybridized carbons (Fsp3) is 0.800. The van der Waals surface area contributed by atoms with Gasteiger partial charge in [-0.25, -0.2) is 4.57 Å². The second-order valence-electron chi connectivity index (χ2n) is 16.1. The zero-order chi connectivity index (χ0) is 43.7. The minimum Gasteiger partial charge on any atom is -0.393 e. The standard InChI is InChI=1S/C45H82NO12P/c1-3-5-7-9-11-13-15-17-18-19-21-22-24-26-28-30-32-36(47)34-39(49)46-37(38(48)33-31-29-27-25-23-20-16-14-12-10-8-6-4-2)35-57-59(55,56)58-45-43(53)41(51)40(50)42(52)44(45)54/h12,14,21-23,25,31,33,36-38,40-45,47-48,50-54H,3-11,13,15-20,24,26-30,32,34-35H2,1-2H3,(H,46,49)(H,55,56)/b14-12+,22-21-,25-23+,33-31+. The van der Waals surface area contributed by atoms with Gasteiger partial charge in [-0.2, -0.15) is 0 Å². The molecule has 1 aliphatic rings. The van der Waals surface area contributed by atoms with Gasteiger partial charge in [-0.15, -0.1) is 0 Å². The minimum absolute atomic E-state index is 0.268. The van der Waals surface area contributed by atoms with Crippen LogP contribution in [0.5, 0.6) is 0 Å². The smallest absolute Gasteiger partial charge is 0.393 e. The SMILES string of the molecule is CCCCC/C=C/CC/C=C/CC/C=C/C(O)C(COP(=O)(O)OC1C(O)C(O)C(O)C(O)C1O)NC(=O)CC(O)CCCCC/C=C\CCCCCCCCCCC. The number of aliphatic hydroxyl groups excluding tert-OH is 7. The quantitative estimate of drug-likeness (QED) is 0.0174. The lowest BCUT2D eigenvalue weighted by Crippen LogP contribution is -2.64. The van der Waals surface area contributed by atoms with Crippen molar-refractivity contribution in [2.24, 2.45) is 0 Å². The van der Waals surface area contributed by atoms with Gasteiger partial charge in [0.1, 0.15) is 36.6 Å². The highest BCUT2D eigenvalue weighted by molar-refractivity contribution is 7.47. The van der Waals surface area contributed by atoms with Gasteiger partial charge in [0.2, 0.25) is 5.91 Å². The van der Waals surface area contributed by atoms with Crippen LogP contribution in [-0.4, -0.2) is 108 Å². The van der Waals surface area contributed by atoms with Gasteiger partial charge in [0.25, 0.3) is 0 Å². The Hall–Kier alpha value is -1.74. The van der Waals surface area contributed by atoms with Crippen molar-refractivity contribution in [2.75, 3.05) is 6.61 Å². The number of allylic oxidation sites excluding steroid dienone is 7. The van der Waals surface area contributed by atoms with E-state index >= 15 is 0 Å². The molecule has 8 atom stereocenters. The summed E-state index contributed by atoms with van der Waals surface area (Å²) in [5.41, 5.74) is 0. The number of aliphatic hydroxyl groups is 7. The second kappa shape index (κ2) is 34.8. The molecule has 8 unspecified atom stereocenters. The van der Waals surface area contributed by atoms with Crippen LogP contribution in [0.3, 0.4) is 0 Å². The summed E-state index contributed by atoms with van der Waals surface area (Å²) in [5.74, 6) is -0.618. The molecule has 0 bridgehead atoms. The van der Waals surface area contributed by atoms with Crippen molar-refractivity contribution in [1.29, 1.82) is 0 Å². The number of amides is 1. The molecule has 1 aliphatic carbocycles. The predicted octanol–water partition coefficient (Wildman–Crippen LogP) is 7.14. The number of hydrogen-bond donors (Lipinski definition) is 9.